The summed E-state index contributed by atoms with van der Waals surface area (Å²) in [5.41, 5.74) is -0.586. The summed E-state index contributed by atoms with van der Waals surface area (Å²) in [6.07, 6.45) is 0. The first-order valence-electron chi connectivity index (χ1n) is 7.16. The van der Waals surface area contributed by atoms with E-state index in [9.17, 15) is 14.3 Å². The largest absolute Gasteiger partial charge is 0.388 e. The van der Waals surface area contributed by atoms with Crippen molar-refractivity contribution in [3.8, 4) is 0 Å². The lowest BCUT2D eigenvalue weighted by Gasteiger charge is -2.31. The summed E-state index contributed by atoms with van der Waals surface area (Å²) >= 11 is 0. The highest BCUT2D eigenvalue weighted by molar-refractivity contribution is 5.78. The maximum Gasteiger partial charge on any atom is 0.234 e. The van der Waals surface area contributed by atoms with Crippen LogP contribution in [0.15, 0.2) is 24.3 Å². The molecule has 0 radical (unpaired) electrons. The summed E-state index contributed by atoms with van der Waals surface area (Å²) in [7, 11) is 0. The Morgan fingerprint density at radius 2 is 2.00 bits per heavy atom. The first kappa shape index (κ1) is 15.9. The van der Waals surface area contributed by atoms with E-state index in [1.54, 1.807) is 25.1 Å². The standard InChI is InChI=1S/C16H23FN2O2/c1-15(2)10-19(11-16(15,3)21)9-14(20)18-8-12-6-4-5-7-13(12)17/h4-7,21H,8-11H2,1-3H3,(H,18,20)/t16-/m1/s1. The average molecular weight is 294 g/mol. The maximum atomic E-state index is 13.5. The number of carbonyl (C=O) groups is 1. The van der Waals surface area contributed by atoms with Gasteiger partial charge in [-0.2, -0.15) is 0 Å². The zero-order valence-electron chi connectivity index (χ0n) is 12.8. The lowest BCUT2D eigenvalue weighted by Crippen LogP contribution is -2.40. The van der Waals surface area contributed by atoms with E-state index in [-0.39, 0.29) is 30.2 Å². The second-order valence-electron chi connectivity index (χ2n) is 6.67. The lowest BCUT2D eigenvalue weighted by atomic mass is 9.79. The smallest absolute Gasteiger partial charge is 0.234 e. The van der Waals surface area contributed by atoms with Gasteiger partial charge in [0, 0.05) is 30.6 Å². The molecule has 0 saturated carbocycles. The molecule has 0 aromatic heterocycles. The first-order valence-corrected chi connectivity index (χ1v) is 7.16. The van der Waals surface area contributed by atoms with E-state index in [1.807, 2.05) is 18.7 Å². The molecule has 1 aromatic carbocycles. The predicted octanol–water partition coefficient (Wildman–Crippen LogP) is 1.53. The number of benzene rings is 1. The van der Waals surface area contributed by atoms with Gasteiger partial charge < -0.3 is 10.4 Å². The summed E-state index contributed by atoms with van der Waals surface area (Å²) in [6, 6.07) is 6.39. The van der Waals surface area contributed by atoms with Crippen LogP contribution in [0.2, 0.25) is 0 Å². The minimum atomic E-state index is -0.807. The van der Waals surface area contributed by atoms with E-state index < -0.39 is 5.60 Å². The van der Waals surface area contributed by atoms with Crippen molar-refractivity contribution in [1.29, 1.82) is 0 Å². The minimum absolute atomic E-state index is 0.160. The lowest BCUT2D eigenvalue weighted by molar-refractivity contribution is -0.122. The molecule has 1 heterocycles. The van der Waals surface area contributed by atoms with Crippen molar-refractivity contribution in [2.24, 2.45) is 5.41 Å². The number of likely N-dealkylation sites (tertiary alicyclic amines) is 1. The number of rotatable bonds is 4. The molecule has 0 bridgehead atoms. The number of halogens is 1. The van der Waals surface area contributed by atoms with E-state index in [1.165, 1.54) is 6.07 Å². The molecular weight excluding hydrogens is 271 g/mol. The molecule has 1 aliphatic rings. The van der Waals surface area contributed by atoms with Crippen molar-refractivity contribution in [2.75, 3.05) is 19.6 Å². The van der Waals surface area contributed by atoms with Gasteiger partial charge in [-0.1, -0.05) is 32.0 Å². The third-order valence-corrected chi connectivity index (χ3v) is 4.41. The van der Waals surface area contributed by atoms with Crippen molar-refractivity contribution in [1.82, 2.24) is 10.2 Å². The third kappa shape index (κ3) is 3.60. The van der Waals surface area contributed by atoms with Crippen LogP contribution in [0.5, 0.6) is 0 Å². The van der Waals surface area contributed by atoms with E-state index in [0.29, 0.717) is 18.7 Å². The van der Waals surface area contributed by atoms with Gasteiger partial charge in [0.05, 0.1) is 12.1 Å². The first-order chi connectivity index (χ1) is 9.71. The molecule has 4 nitrogen and oxygen atoms in total. The van der Waals surface area contributed by atoms with Gasteiger partial charge in [0.25, 0.3) is 0 Å². The van der Waals surface area contributed by atoms with E-state index in [2.05, 4.69) is 5.32 Å². The van der Waals surface area contributed by atoms with Crippen LogP contribution >= 0.6 is 0 Å². The number of nitrogens with one attached hydrogen (secondary N) is 1. The normalized spacial score (nSPS) is 25.0. The van der Waals surface area contributed by atoms with Gasteiger partial charge in [-0.3, -0.25) is 9.69 Å². The summed E-state index contributed by atoms with van der Waals surface area (Å²) < 4.78 is 13.5. The van der Waals surface area contributed by atoms with Crippen molar-refractivity contribution >= 4 is 5.91 Å². The summed E-state index contributed by atoms with van der Waals surface area (Å²) in [6.45, 7) is 7.30. The summed E-state index contributed by atoms with van der Waals surface area (Å²) in [4.78, 5) is 13.9. The number of hydrogen-bond acceptors (Lipinski definition) is 3. The average Bonchev–Trinajstić information content (AvgIpc) is 2.56. The molecule has 1 atom stereocenters. The fraction of sp³-hybridized carbons (Fsp3) is 0.562. The molecule has 21 heavy (non-hydrogen) atoms. The van der Waals surface area contributed by atoms with Crippen LogP contribution in [-0.4, -0.2) is 41.1 Å². The van der Waals surface area contributed by atoms with Crippen LogP contribution in [0.1, 0.15) is 26.3 Å². The molecule has 0 unspecified atom stereocenters. The van der Waals surface area contributed by atoms with Crippen LogP contribution in [0.25, 0.3) is 0 Å². The van der Waals surface area contributed by atoms with Gasteiger partial charge >= 0.3 is 0 Å². The number of carbonyl (C=O) groups excluding carboxylic acids is 1. The molecular formula is C16H23FN2O2. The highest BCUT2D eigenvalue weighted by atomic mass is 19.1. The van der Waals surface area contributed by atoms with Gasteiger partial charge in [-0.25, -0.2) is 4.39 Å². The minimum Gasteiger partial charge on any atom is -0.388 e. The van der Waals surface area contributed by atoms with Gasteiger partial charge in [0.15, 0.2) is 0 Å². The number of aliphatic hydroxyl groups is 1. The molecule has 1 fully saturated rings. The SMILES string of the molecule is CC1(C)CN(CC(=O)NCc2ccccc2F)C[C@@]1(C)O. The van der Waals surface area contributed by atoms with E-state index in [4.69, 9.17) is 0 Å². The molecule has 0 aliphatic carbocycles. The van der Waals surface area contributed by atoms with Gasteiger partial charge in [0.1, 0.15) is 5.82 Å². The number of hydrogen-bond donors (Lipinski definition) is 2. The predicted molar refractivity (Wildman–Crippen MR) is 79.1 cm³/mol. The molecule has 0 spiro atoms. The molecule has 1 aromatic rings. The Bertz CT molecular complexity index is 513. The Kier molecular flexibility index (Phi) is 4.35. The van der Waals surface area contributed by atoms with E-state index in [0.717, 1.165) is 0 Å². The zero-order valence-corrected chi connectivity index (χ0v) is 12.8. The molecule has 2 rings (SSSR count). The van der Waals surface area contributed by atoms with Gasteiger partial charge in [-0.15, -0.1) is 0 Å². The Balaban J connectivity index is 1.85. The third-order valence-electron chi connectivity index (χ3n) is 4.41. The number of β-amino-alcohol motifs (C(OH)–C–C–N with tert-alkyl or cyclic N) is 1. The van der Waals surface area contributed by atoms with Crippen LogP contribution < -0.4 is 5.32 Å². The van der Waals surface area contributed by atoms with Crippen molar-refractivity contribution in [3.05, 3.63) is 35.6 Å². The summed E-state index contributed by atoms with van der Waals surface area (Å²) in [5.74, 6) is -0.477. The van der Waals surface area contributed by atoms with Crippen molar-refractivity contribution in [2.45, 2.75) is 32.9 Å². The monoisotopic (exact) mass is 294 g/mol. The quantitative estimate of drug-likeness (QED) is 0.885. The van der Waals surface area contributed by atoms with Crippen LogP contribution in [0.4, 0.5) is 4.39 Å². The highest BCUT2D eigenvalue weighted by Gasteiger charge is 2.47. The molecule has 1 aliphatic heterocycles. The van der Waals surface area contributed by atoms with Gasteiger partial charge in [-0.05, 0) is 13.0 Å². The summed E-state index contributed by atoms with van der Waals surface area (Å²) in [5, 5.41) is 13.0. The maximum absolute atomic E-state index is 13.5. The zero-order chi connectivity index (χ0) is 15.7. The van der Waals surface area contributed by atoms with E-state index >= 15 is 0 Å². The van der Waals surface area contributed by atoms with Crippen molar-refractivity contribution < 1.29 is 14.3 Å². The Morgan fingerprint density at radius 1 is 1.33 bits per heavy atom. The number of nitrogens with zero attached hydrogens (tertiary/aromatic N) is 1. The molecule has 1 amide bonds. The van der Waals surface area contributed by atoms with Crippen LogP contribution in [0.3, 0.4) is 0 Å². The molecule has 1 saturated heterocycles. The fourth-order valence-corrected chi connectivity index (χ4v) is 2.64. The van der Waals surface area contributed by atoms with Crippen LogP contribution in [-0.2, 0) is 11.3 Å². The topological polar surface area (TPSA) is 52.6 Å². The highest BCUT2D eigenvalue weighted by Crippen LogP contribution is 2.37. The Hall–Kier alpha value is -1.46. The Labute approximate surface area is 125 Å². The van der Waals surface area contributed by atoms with Gasteiger partial charge in [0.2, 0.25) is 5.91 Å². The number of amides is 1. The molecule has 5 heteroatoms. The molecule has 116 valence electrons. The fourth-order valence-electron chi connectivity index (χ4n) is 2.64. The Morgan fingerprint density at radius 3 is 2.57 bits per heavy atom. The van der Waals surface area contributed by atoms with Crippen molar-refractivity contribution in [3.63, 3.8) is 0 Å². The second-order valence-corrected chi connectivity index (χ2v) is 6.67. The van der Waals surface area contributed by atoms with Crippen LogP contribution in [0, 0.1) is 11.2 Å². The second kappa shape index (κ2) is 5.73. The molecule has 2 N–H and O–H groups in total.